The van der Waals surface area contributed by atoms with Crippen LogP contribution in [0.15, 0.2) is 54.6 Å². The van der Waals surface area contributed by atoms with Crippen molar-refractivity contribution < 1.29 is 35.1 Å². The topological polar surface area (TPSA) is 142 Å². The molecule has 1 aliphatic heterocycles. The molecule has 33 heavy (non-hydrogen) atoms. The molecule has 0 saturated carbocycles. The molecule has 1 saturated heterocycles. The molecule has 9 nitrogen and oxygen atoms in total. The molecule has 1 aliphatic rings. The van der Waals surface area contributed by atoms with Crippen LogP contribution in [0.3, 0.4) is 0 Å². The van der Waals surface area contributed by atoms with Crippen LogP contribution in [0.2, 0.25) is 0 Å². The Morgan fingerprint density at radius 1 is 0.909 bits per heavy atom. The van der Waals surface area contributed by atoms with Crippen LogP contribution >= 0.6 is 0 Å². The average Bonchev–Trinajstić information content (AvgIpc) is 2.84. The number of carboxylic acid groups (broad SMARTS) is 2. The van der Waals surface area contributed by atoms with E-state index in [0.717, 1.165) is 25.2 Å². The lowest BCUT2D eigenvalue weighted by atomic mass is 10.0. The van der Waals surface area contributed by atoms with E-state index in [-0.39, 0.29) is 6.61 Å². The van der Waals surface area contributed by atoms with E-state index in [0.29, 0.717) is 6.04 Å². The summed E-state index contributed by atoms with van der Waals surface area (Å²) in [4.78, 5) is 24.5. The van der Waals surface area contributed by atoms with Crippen molar-refractivity contribution in [2.24, 2.45) is 0 Å². The molecule has 1 heterocycles. The van der Waals surface area contributed by atoms with E-state index < -0.39 is 24.1 Å². The maximum absolute atomic E-state index is 9.77. The van der Waals surface area contributed by atoms with Gasteiger partial charge >= 0.3 is 11.9 Å². The highest BCUT2D eigenvalue weighted by Gasteiger charge is 2.29. The third-order valence-electron chi connectivity index (χ3n) is 5.65. The first kappa shape index (κ1) is 26.3. The van der Waals surface area contributed by atoms with Gasteiger partial charge in [-0.15, -0.1) is 0 Å². The normalized spacial score (nSPS) is 16.0. The Bertz CT molecular complexity index is 850. The first-order valence-electron chi connectivity index (χ1n) is 10.7. The second-order valence-electron chi connectivity index (χ2n) is 8.01. The summed E-state index contributed by atoms with van der Waals surface area (Å²) < 4.78 is 0. The Balaban J connectivity index is 0.000000328. The lowest BCUT2D eigenvalue weighted by Gasteiger charge is -2.38. The monoisotopic (exact) mass is 460 g/mol. The number of rotatable bonds is 8. The van der Waals surface area contributed by atoms with Gasteiger partial charge in [0.25, 0.3) is 0 Å². The van der Waals surface area contributed by atoms with Crippen molar-refractivity contribution in [2.45, 2.75) is 44.2 Å². The number of nitrogens with zero attached hydrogens (tertiary/aromatic N) is 2. The molecule has 180 valence electrons. The van der Waals surface area contributed by atoms with Gasteiger partial charge < -0.3 is 30.4 Å². The van der Waals surface area contributed by atoms with Crippen LogP contribution in [0.25, 0.3) is 0 Å². The fraction of sp³-hybridized carbons (Fsp3) is 0.417. The van der Waals surface area contributed by atoms with Crippen molar-refractivity contribution >= 4 is 17.6 Å². The average molecular weight is 461 g/mol. The summed E-state index contributed by atoms with van der Waals surface area (Å²) in [6.07, 6.45) is -2.13. The highest BCUT2D eigenvalue weighted by molar-refractivity contribution is 5.83. The van der Waals surface area contributed by atoms with Gasteiger partial charge in [-0.2, -0.15) is 0 Å². The van der Waals surface area contributed by atoms with Crippen molar-refractivity contribution in [2.75, 3.05) is 25.0 Å². The minimum absolute atomic E-state index is 0.118. The Hall–Kier alpha value is -2.98. The number of carbonyl (C=O) groups is 2. The van der Waals surface area contributed by atoms with Gasteiger partial charge in [-0.1, -0.05) is 42.5 Å². The molecule has 2 aromatic rings. The number of aliphatic hydroxyl groups is 3. The molecule has 0 amide bonds. The zero-order valence-corrected chi connectivity index (χ0v) is 18.6. The molecule has 2 aromatic carbocycles. The van der Waals surface area contributed by atoms with E-state index in [4.69, 9.17) is 25.5 Å². The molecule has 0 aromatic heterocycles. The summed E-state index contributed by atoms with van der Waals surface area (Å²) in [6.45, 7) is 3.34. The molecular formula is C24H32N2O7. The lowest BCUT2D eigenvalue weighted by Crippen LogP contribution is -2.43. The number of aliphatic carboxylic acids is 2. The van der Waals surface area contributed by atoms with Crippen molar-refractivity contribution in [3.8, 4) is 0 Å². The largest absolute Gasteiger partial charge is 0.479 e. The first-order chi connectivity index (χ1) is 15.7. The molecule has 5 N–H and O–H groups in total. The third kappa shape index (κ3) is 8.14. The maximum atomic E-state index is 9.77. The van der Waals surface area contributed by atoms with E-state index in [2.05, 4.69) is 59.3 Å². The second-order valence-corrected chi connectivity index (χ2v) is 8.01. The van der Waals surface area contributed by atoms with Gasteiger partial charge in [0.1, 0.15) is 0 Å². The van der Waals surface area contributed by atoms with Gasteiger partial charge in [-0.05, 0) is 43.1 Å². The number of aliphatic hydroxyl groups excluding tert-OH is 3. The van der Waals surface area contributed by atoms with E-state index in [1.54, 1.807) is 0 Å². The number of carboxylic acids is 2. The summed E-state index contributed by atoms with van der Waals surface area (Å²) in [6, 6.07) is 19.6. The standard InChI is InChI=1S/C20H26N2O.C4H6O6/c1-21(15-17-5-3-2-4-6-17)19-11-13-22(14-12-19)20-9-7-18(16-23)8-10-20;5-1(3(7)8)2(6)4(9)10/h2-10,19,23H,11-16H2,1H3;1-2,5-6H,(H,7,8)(H,9,10). The molecule has 0 radical (unpaired) electrons. The molecule has 2 unspecified atom stereocenters. The number of hydrogen-bond acceptors (Lipinski definition) is 7. The quantitative estimate of drug-likeness (QED) is 0.392. The molecule has 0 spiro atoms. The van der Waals surface area contributed by atoms with Crippen molar-refractivity contribution in [3.05, 3.63) is 65.7 Å². The minimum atomic E-state index is -2.27. The number of hydrogen-bond donors (Lipinski definition) is 5. The van der Waals surface area contributed by atoms with Crippen LogP contribution < -0.4 is 4.90 Å². The number of piperidine rings is 1. The Kier molecular flexibility index (Phi) is 10.3. The van der Waals surface area contributed by atoms with Crippen molar-refractivity contribution in [1.82, 2.24) is 4.90 Å². The van der Waals surface area contributed by atoms with Gasteiger partial charge in [0.15, 0.2) is 12.2 Å². The first-order valence-corrected chi connectivity index (χ1v) is 10.7. The summed E-state index contributed by atoms with van der Waals surface area (Å²) in [5.41, 5.74) is 3.63. The second kappa shape index (κ2) is 12.9. The smallest absolute Gasteiger partial charge is 0.335 e. The molecule has 9 heteroatoms. The number of benzene rings is 2. The van der Waals surface area contributed by atoms with E-state index in [1.165, 1.54) is 24.1 Å². The molecular weight excluding hydrogens is 428 g/mol. The summed E-state index contributed by atoms with van der Waals surface area (Å²) >= 11 is 0. The van der Waals surface area contributed by atoms with E-state index >= 15 is 0 Å². The predicted molar refractivity (Wildman–Crippen MR) is 123 cm³/mol. The fourth-order valence-electron chi connectivity index (χ4n) is 3.65. The van der Waals surface area contributed by atoms with E-state index in [1.807, 2.05) is 12.1 Å². The lowest BCUT2D eigenvalue weighted by molar-refractivity contribution is -0.165. The van der Waals surface area contributed by atoms with Gasteiger partial charge in [-0.25, -0.2) is 9.59 Å². The Morgan fingerprint density at radius 2 is 1.42 bits per heavy atom. The number of anilines is 1. The van der Waals surface area contributed by atoms with Crippen molar-refractivity contribution in [1.29, 1.82) is 0 Å². The predicted octanol–water partition coefficient (Wildman–Crippen LogP) is 1.16. The zero-order valence-electron chi connectivity index (χ0n) is 18.6. The van der Waals surface area contributed by atoms with Crippen LogP contribution in [-0.4, -0.2) is 80.8 Å². The molecule has 0 aliphatic carbocycles. The Morgan fingerprint density at radius 3 is 1.88 bits per heavy atom. The fourth-order valence-corrected chi connectivity index (χ4v) is 3.65. The molecule has 2 atom stereocenters. The van der Waals surface area contributed by atoms with Crippen LogP contribution in [-0.2, 0) is 22.7 Å². The van der Waals surface area contributed by atoms with Gasteiger partial charge in [0.2, 0.25) is 0 Å². The Labute approximate surface area is 193 Å². The van der Waals surface area contributed by atoms with Crippen LogP contribution in [0.4, 0.5) is 5.69 Å². The highest BCUT2D eigenvalue weighted by Crippen LogP contribution is 2.23. The summed E-state index contributed by atoms with van der Waals surface area (Å²) in [5, 5.41) is 41.7. The summed E-state index contributed by atoms with van der Waals surface area (Å²) in [5.74, 6) is -3.54. The van der Waals surface area contributed by atoms with Crippen molar-refractivity contribution in [3.63, 3.8) is 0 Å². The van der Waals surface area contributed by atoms with Crippen LogP contribution in [0, 0.1) is 0 Å². The van der Waals surface area contributed by atoms with Crippen LogP contribution in [0.5, 0.6) is 0 Å². The highest BCUT2D eigenvalue weighted by atomic mass is 16.4. The minimum Gasteiger partial charge on any atom is -0.479 e. The van der Waals surface area contributed by atoms with E-state index in [9.17, 15) is 9.59 Å². The van der Waals surface area contributed by atoms with Gasteiger partial charge in [0, 0.05) is 31.4 Å². The maximum Gasteiger partial charge on any atom is 0.335 e. The third-order valence-corrected chi connectivity index (χ3v) is 5.65. The van der Waals surface area contributed by atoms with Crippen LogP contribution in [0.1, 0.15) is 24.0 Å². The van der Waals surface area contributed by atoms with Gasteiger partial charge in [0.05, 0.1) is 6.61 Å². The molecule has 1 fully saturated rings. The molecule has 3 rings (SSSR count). The SMILES string of the molecule is CN(Cc1ccccc1)C1CCN(c2ccc(CO)cc2)CC1.O=C(O)C(O)C(O)C(=O)O. The molecule has 0 bridgehead atoms. The zero-order chi connectivity index (χ0) is 24.4. The van der Waals surface area contributed by atoms with Gasteiger partial charge in [-0.3, -0.25) is 4.90 Å². The summed E-state index contributed by atoms with van der Waals surface area (Å²) in [7, 11) is 2.24.